The first kappa shape index (κ1) is 36.1. The molecule has 1 aliphatic carbocycles. The van der Waals surface area contributed by atoms with E-state index in [1.165, 1.54) is 19.3 Å². The Bertz CT molecular complexity index is 234. The number of hydrogen-bond acceptors (Lipinski definition) is 0. The predicted molar refractivity (Wildman–Crippen MR) is 53.1 cm³/mol. The summed E-state index contributed by atoms with van der Waals surface area (Å²) in [6.45, 7) is 29.2. The van der Waals surface area contributed by atoms with Gasteiger partial charge in [-0.05, 0) is 12.8 Å². The van der Waals surface area contributed by atoms with Crippen molar-refractivity contribution in [1.29, 1.82) is 0 Å². The Labute approximate surface area is 124 Å². The van der Waals surface area contributed by atoms with E-state index in [1.807, 2.05) is 0 Å². The first-order valence-corrected chi connectivity index (χ1v) is 4.32. The summed E-state index contributed by atoms with van der Waals surface area (Å²) < 4.78 is 37.5. The summed E-state index contributed by atoms with van der Waals surface area (Å²) in [5.41, 5.74) is 0. The molecule has 0 radical (unpaired) electrons. The van der Waals surface area contributed by atoms with E-state index in [-0.39, 0.29) is 17.4 Å². The van der Waals surface area contributed by atoms with Crippen LogP contribution in [0, 0.1) is 39.8 Å². The van der Waals surface area contributed by atoms with Gasteiger partial charge in [0.05, 0.1) is 0 Å². The quantitative estimate of drug-likeness (QED) is 0.482. The van der Waals surface area contributed by atoms with Crippen LogP contribution in [0.25, 0.3) is 4.85 Å². The van der Waals surface area contributed by atoms with E-state index >= 15 is 0 Å². The Morgan fingerprint density at radius 3 is 1.05 bits per heavy atom. The van der Waals surface area contributed by atoms with E-state index in [9.17, 15) is 0 Å². The standard InChI is InChI=1S/C7H11N.5CO.Cr/c1-8-7-5-3-2-4-6-7;5*1-2;/h7H,2-6H2;;;;;;. The minimum absolute atomic E-state index is 0. The van der Waals surface area contributed by atoms with Crippen molar-refractivity contribution in [3.05, 3.63) is 44.7 Å². The second-order valence-corrected chi connectivity index (χ2v) is 2.42. The van der Waals surface area contributed by atoms with Gasteiger partial charge in [0.15, 0.2) is 0 Å². The van der Waals surface area contributed by atoms with Crippen LogP contribution in [0.5, 0.6) is 0 Å². The SMILES string of the molecule is [C-]#[N+]C1CCCCC1.[C-]#[O+].[C-]#[O+].[C-]#[O+].[C-]#[O+].[C-]#[O+].[Cr]. The fraction of sp³-hybridized carbons (Fsp3) is 0.500. The van der Waals surface area contributed by atoms with Crippen LogP contribution >= 0.6 is 0 Å². The molecule has 0 bridgehead atoms. The average Bonchev–Trinajstić information content (AvgIpc) is 2.57. The maximum Gasteiger partial charge on any atom is 0 e. The van der Waals surface area contributed by atoms with E-state index in [0.717, 1.165) is 12.8 Å². The van der Waals surface area contributed by atoms with Gasteiger partial charge in [-0.1, -0.05) is 6.42 Å². The third kappa shape index (κ3) is 47.6. The molecule has 0 aromatic carbocycles. The molecule has 7 heteroatoms. The van der Waals surface area contributed by atoms with E-state index in [1.54, 1.807) is 0 Å². The molecule has 0 saturated heterocycles. The fourth-order valence-corrected chi connectivity index (χ4v) is 1.21. The summed E-state index contributed by atoms with van der Waals surface area (Å²) in [5.74, 6) is 0. The smallest absolute Gasteiger partial charge is 0 e. The average molecular weight is 301 g/mol. The Kier molecular flexibility index (Phi) is 132. The molecule has 6 nitrogen and oxygen atoms in total. The van der Waals surface area contributed by atoms with Crippen molar-refractivity contribution in [1.82, 2.24) is 0 Å². The second kappa shape index (κ2) is 69.3. The first-order valence-electron chi connectivity index (χ1n) is 4.32. The molecule has 0 amide bonds. The summed E-state index contributed by atoms with van der Waals surface area (Å²) in [7, 11) is 0. The zero-order valence-electron chi connectivity index (χ0n) is 10.0. The zero-order valence-corrected chi connectivity index (χ0v) is 11.3. The van der Waals surface area contributed by atoms with Gasteiger partial charge in [0.2, 0.25) is 6.04 Å². The Hall–Kier alpha value is -1.28. The van der Waals surface area contributed by atoms with Gasteiger partial charge in [0.1, 0.15) is 0 Å². The molecule has 0 N–H and O–H groups in total. The summed E-state index contributed by atoms with van der Waals surface area (Å²) in [4.78, 5) is 3.50. The molecular formula is C12H11CrNO5. The fourth-order valence-electron chi connectivity index (χ4n) is 1.21. The van der Waals surface area contributed by atoms with Gasteiger partial charge in [-0.25, -0.2) is 6.57 Å². The molecule has 1 aliphatic rings. The van der Waals surface area contributed by atoms with Crippen molar-refractivity contribution >= 4 is 0 Å². The molecule has 1 rings (SSSR count). The molecule has 0 aromatic heterocycles. The first-order chi connectivity index (χ1) is 8.93. The summed E-state index contributed by atoms with van der Waals surface area (Å²) in [5, 5.41) is 0. The van der Waals surface area contributed by atoms with Gasteiger partial charge in [-0.2, -0.15) is 0 Å². The third-order valence-electron chi connectivity index (χ3n) is 1.76. The number of rotatable bonds is 0. The number of nitrogens with zero attached hydrogens (tertiary/aromatic N) is 1. The number of hydrogen-bond donors (Lipinski definition) is 0. The normalized spacial score (nSPS) is 9.95. The van der Waals surface area contributed by atoms with Crippen molar-refractivity contribution in [2.24, 2.45) is 0 Å². The van der Waals surface area contributed by atoms with Gasteiger partial charge >= 0.3 is 56.5 Å². The van der Waals surface area contributed by atoms with Crippen molar-refractivity contribution in [2.45, 2.75) is 38.1 Å². The largest absolute Gasteiger partial charge is 0 e. The molecule has 0 atom stereocenters. The van der Waals surface area contributed by atoms with Crippen LogP contribution in [0.1, 0.15) is 32.1 Å². The molecule has 0 heterocycles. The van der Waals surface area contributed by atoms with Gasteiger partial charge in [0.25, 0.3) is 0 Å². The maximum absolute atomic E-state index is 7.50. The Morgan fingerprint density at radius 1 is 0.632 bits per heavy atom. The zero-order chi connectivity index (χ0) is 15.8. The third-order valence-corrected chi connectivity index (χ3v) is 1.76. The van der Waals surface area contributed by atoms with Crippen LogP contribution in [-0.2, 0) is 40.6 Å². The van der Waals surface area contributed by atoms with E-state index in [2.05, 4.69) is 38.1 Å². The van der Waals surface area contributed by atoms with Crippen LogP contribution in [0.4, 0.5) is 0 Å². The molecule has 100 valence electrons. The van der Waals surface area contributed by atoms with E-state index < -0.39 is 0 Å². The van der Waals surface area contributed by atoms with Gasteiger partial charge < -0.3 is 4.85 Å². The van der Waals surface area contributed by atoms with Gasteiger partial charge in [-0.15, -0.1) is 0 Å². The summed E-state index contributed by atoms with van der Waals surface area (Å²) >= 11 is 0. The Morgan fingerprint density at radius 2 is 0.895 bits per heavy atom. The van der Waals surface area contributed by atoms with Crippen LogP contribution < -0.4 is 0 Å². The minimum Gasteiger partial charge on any atom is 0 e. The summed E-state index contributed by atoms with van der Waals surface area (Å²) in [6.07, 6.45) is 6.24. The van der Waals surface area contributed by atoms with Crippen molar-refractivity contribution < 1.29 is 40.6 Å². The topological polar surface area (TPSA) is 104 Å². The maximum atomic E-state index is 7.50. The van der Waals surface area contributed by atoms with Crippen molar-refractivity contribution in [3.8, 4) is 0 Å². The van der Waals surface area contributed by atoms with E-state index in [4.69, 9.17) is 29.8 Å². The van der Waals surface area contributed by atoms with Gasteiger partial charge in [0, 0.05) is 30.2 Å². The van der Waals surface area contributed by atoms with Gasteiger partial charge in [-0.3, -0.25) is 0 Å². The molecular weight excluding hydrogens is 290 g/mol. The van der Waals surface area contributed by atoms with E-state index in [0.29, 0.717) is 6.04 Å². The minimum atomic E-state index is 0. The molecule has 0 aliphatic heterocycles. The van der Waals surface area contributed by atoms with Crippen LogP contribution in [0.2, 0.25) is 0 Å². The van der Waals surface area contributed by atoms with Crippen LogP contribution in [0.15, 0.2) is 0 Å². The monoisotopic (exact) mass is 301 g/mol. The molecule has 19 heavy (non-hydrogen) atoms. The van der Waals surface area contributed by atoms with Crippen LogP contribution in [0.3, 0.4) is 0 Å². The molecule has 1 saturated carbocycles. The molecule has 0 unspecified atom stereocenters. The predicted octanol–water partition coefficient (Wildman–Crippen LogP) is 2.05. The molecule has 0 spiro atoms. The molecule has 1 fully saturated rings. The molecule has 0 aromatic rings. The van der Waals surface area contributed by atoms with Crippen LogP contribution in [-0.4, -0.2) is 6.04 Å². The second-order valence-electron chi connectivity index (χ2n) is 2.42. The van der Waals surface area contributed by atoms with Crippen molar-refractivity contribution in [2.75, 3.05) is 0 Å². The van der Waals surface area contributed by atoms with Crippen molar-refractivity contribution in [3.63, 3.8) is 0 Å². The Balaban J connectivity index is -0.0000000332. The summed E-state index contributed by atoms with van der Waals surface area (Å²) in [6, 6.07) is 0.378.